The van der Waals surface area contributed by atoms with Gasteiger partial charge in [-0.25, -0.2) is 0 Å². The molecule has 6 rings (SSSR count). The molecule has 1 fully saturated rings. The molecular formula is C24H22N4O4. The van der Waals surface area contributed by atoms with Gasteiger partial charge in [-0.1, -0.05) is 48.5 Å². The molecular weight excluding hydrogens is 408 g/mol. The number of carbonyl (C=O) groups excluding carboxylic acids is 1. The minimum Gasteiger partial charge on any atom is -0.502 e. The zero-order chi connectivity index (χ0) is 21.8. The van der Waals surface area contributed by atoms with Crippen LogP contribution in [-0.2, 0) is 17.6 Å². The molecule has 8 heteroatoms. The van der Waals surface area contributed by atoms with Gasteiger partial charge >= 0.3 is 0 Å². The van der Waals surface area contributed by atoms with E-state index in [1.807, 2.05) is 29.3 Å². The lowest BCUT2D eigenvalue weighted by Crippen LogP contribution is -2.66. The highest BCUT2D eigenvalue weighted by Crippen LogP contribution is 2.39. The molecule has 3 aliphatic rings. The fraction of sp³-hybridized carbons (Fsp3) is 0.292. The quantitative estimate of drug-likeness (QED) is 0.631. The number of ether oxygens (including phenoxy) is 1. The summed E-state index contributed by atoms with van der Waals surface area (Å²) in [5.74, 6) is -0.984. The lowest BCUT2D eigenvalue weighted by atomic mass is 9.93. The molecule has 0 saturated carbocycles. The Kier molecular flexibility index (Phi) is 4.29. The number of aromatic nitrogens is 2. The fourth-order valence-corrected chi connectivity index (χ4v) is 5.17. The topological polar surface area (TPSA) is 87.9 Å². The second-order valence-electron chi connectivity index (χ2n) is 8.33. The van der Waals surface area contributed by atoms with E-state index in [2.05, 4.69) is 29.4 Å². The second kappa shape index (κ2) is 7.20. The van der Waals surface area contributed by atoms with Crippen molar-refractivity contribution in [1.82, 2.24) is 14.8 Å². The Morgan fingerprint density at radius 1 is 0.969 bits per heavy atom. The maximum absolute atomic E-state index is 13.3. The summed E-state index contributed by atoms with van der Waals surface area (Å²) in [7, 11) is 0. The molecule has 0 radical (unpaired) electrons. The van der Waals surface area contributed by atoms with E-state index in [1.54, 1.807) is 4.90 Å². The predicted molar refractivity (Wildman–Crippen MR) is 116 cm³/mol. The molecule has 1 saturated heterocycles. The van der Waals surface area contributed by atoms with E-state index >= 15 is 0 Å². The number of aryl methyl sites for hydroxylation is 2. The van der Waals surface area contributed by atoms with Crippen LogP contribution >= 0.6 is 0 Å². The molecule has 2 aromatic carbocycles. The highest BCUT2D eigenvalue weighted by atomic mass is 16.5. The van der Waals surface area contributed by atoms with Gasteiger partial charge in [0.25, 0.3) is 5.91 Å². The van der Waals surface area contributed by atoms with Crippen LogP contribution < -0.4 is 10.4 Å². The molecule has 3 heterocycles. The Balaban J connectivity index is 1.66. The molecule has 0 bridgehead atoms. The van der Waals surface area contributed by atoms with Crippen molar-refractivity contribution >= 4 is 5.91 Å². The standard InChI is InChI=1S/C24H22N4O4/c29-19-13-25-28-22(23(19)30)24(31)26-11-12-32-14-20(26)27(28)21-17-7-3-1-5-15(17)9-10-16-6-2-4-8-18(16)21/h1-8,13,20-21,30H,9-12,14H2/t20-/m1/s1. The van der Waals surface area contributed by atoms with Gasteiger partial charge in [0.2, 0.25) is 5.43 Å². The molecule has 1 amide bonds. The van der Waals surface area contributed by atoms with E-state index in [4.69, 9.17) is 4.74 Å². The minimum absolute atomic E-state index is 0.102. The average molecular weight is 430 g/mol. The van der Waals surface area contributed by atoms with E-state index in [9.17, 15) is 14.7 Å². The summed E-state index contributed by atoms with van der Waals surface area (Å²) < 4.78 is 5.78. The van der Waals surface area contributed by atoms with Crippen molar-refractivity contribution < 1.29 is 14.6 Å². The summed E-state index contributed by atoms with van der Waals surface area (Å²) in [6.07, 6.45) is 2.43. The summed E-state index contributed by atoms with van der Waals surface area (Å²) in [5.41, 5.74) is 3.90. The first kappa shape index (κ1) is 19.1. The van der Waals surface area contributed by atoms with E-state index in [1.165, 1.54) is 15.9 Å². The van der Waals surface area contributed by atoms with Gasteiger partial charge in [0.1, 0.15) is 18.4 Å². The number of hydrogen-bond donors (Lipinski definition) is 1. The van der Waals surface area contributed by atoms with Gasteiger partial charge in [-0.2, -0.15) is 9.89 Å². The van der Waals surface area contributed by atoms with Crippen LogP contribution in [-0.4, -0.2) is 51.7 Å². The number of nitrogens with zero attached hydrogens (tertiary/aromatic N) is 4. The zero-order valence-corrected chi connectivity index (χ0v) is 17.3. The van der Waals surface area contributed by atoms with Gasteiger partial charge in [-0.15, -0.1) is 0 Å². The van der Waals surface area contributed by atoms with Crippen LogP contribution in [0.5, 0.6) is 5.75 Å². The van der Waals surface area contributed by atoms with Crippen molar-refractivity contribution in [1.29, 1.82) is 0 Å². The number of carbonyl (C=O) groups is 1. The van der Waals surface area contributed by atoms with Crippen LogP contribution in [0.1, 0.15) is 38.8 Å². The number of aromatic hydroxyl groups is 1. The van der Waals surface area contributed by atoms with Gasteiger partial charge < -0.3 is 14.7 Å². The molecule has 1 aromatic heterocycles. The number of amides is 1. The van der Waals surface area contributed by atoms with E-state index < -0.39 is 23.3 Å². The first-order valence-corrected chi connectivity index (χ1v) is 10.8. The highest BCUT2D eigenvalue weighted by molar-refractivity contribution is 5.96. The summed E-state index contributed by atoms with van der Waals surface area (Å²) in [6, 6.07) is 16.3. The highest BCUT2D eigenvalue weighted by Gasteiger charge is 2.46. The van der Waals surface area contributed by atoms with Crippen molar-refractivity contribution in [2.75, 3.05) is 24.8 Å². The smallest absolute Gasteiger partial charge is 0.280 e. The van der Waals surface area contributed by atoms with Gasteiger partial charge in [-0.3, -0.25) is 14.6 Å². The Labute approximate surface area is 184 Å². The largest absolute Gasteiger partial charge is 0.502 e. The van der Waals surface area contributed by atoms with Gasteiger partial charge in [0, 0.05) is 6.54 Å². The Morgan fingerprint density at radius 2 is 1.62 bits per heavy atom. The Hall–Kier alpha value is -3.65. The number of hydrogen-bond acceptors (Lipinski definition) is 6. The Bertz CT molecular complexity index is 1240. The maximum atomic E-state index is 13.3. The first-order valence-electron chi connectivity index (χ1n) is 10.8. The third-order valence-electron chi connectivity index (χ3n) is 6.66. The molecule has 32 heavy (non-hydrogen) atoms. The Morgan fingerprint density at radius 3 is 2.31 bits per heavy atom. The van der Waals surface area contributed by atoms with Crippen LogP contribution in [0, 0.1) is 0 Å². The van der Waals surface area contributed by atoms with Crippen molar-refractivity contribution in [2.45, 2.75) is 25.0 Å². The van der Waals surface area contributed by atoms with E-state index in [0.717, 1.165) is 30.2 Å². The number of benzene rings is 2. The third-order valence-corrected chi connectivity index (χ3v) is 6.66. The van der Waals surface area contributed by atoms with Crippen molar-refractivity contribution in [2.24, 2.45) is 0 Å². The summed E-state index contributed by atoms with van der Waals surface area (Å²) in [5, 5.41) is 16.9. The normalized spacial score (nSPS) is 20.1. The van der Waals surface area contributed by atoms with Crippen LogP contribution in [0.25, 0.3) is 0 Å². The summed E-state index contributed by atoms with van der Waals surface area (Å²) in [6.45, 7) is 1.08. The van der Waals surface area contributed by atoms with Crippen LogP contribution in [0.2, 0.25) is 0 Å². The van der Waals surface area contributed by atoms with Gasteiger partial charge in [-0.05, 0) is 35.1 Å². The maximum Gasteiger partial charge on any atom is 0.280 e. The summed E-state index contributed by atoms with van der Waals surface area (Å²) >= 11 is 0. The fourth-order valence-electron chi connectivity index (χ4n) is 5.17. The van der Waals surface area contributed by atoms with Crippen molar-refractivity contribution in [3.05, 3.63) is 92.9 Å². The lowest BCUT2D eigenvalue weighted by Gasteiger charge is -2.50. The molecule has 2 aliphatic heterocycles. The second-order valence-corrected chi connectivity index (χ2v) is 8.33. The van der Waals surface area contributed by atoms with E-state index in [0.29, 0.717) is 19.8 Å². The predicted octanol–water partition coefficient (Wildman–Crippen LogP) is 1.59. The average Bonchev–Trinajstić information content (AvgIpc) is 2.99. The monoisotopic (exact) mass is 430 g/mol. The third kappa shape index (κ3) is 2.69. The minimum atomic E-state index is -0.669. The molecule has 1 atom stereocenters. The number of rotatable bonds is 1. The van der Waals surface area contributed by atoms with Crippen molar-refractivity contribution in [3.8, 4) is 5.75 Å². The van der Waals surface area contributed by atoms with Gasteiger partial charge in [0.15, 0.2) is 11.4 Å². The van der Waals surface area contributed by atoms with Gasteiger partial charge in [0.05, 0.1) is 13.2 Å². The lowest BCUT2D eigenvalue weighted by molar-refractivity contribution is -0.0218. The molecule has 3 aromatic rings. The van der Waals surface area contributed by atoms with Crippen molar-refractivity contribution in [3.63, 3.8) is 0 Å². The molecule has 0 unspecified atom stereocenters. The van der Waals surface area contributed by atoms with Crippen LogP contribution in [0.4, 0.5) is 0 Å². The molecule has 162 valence electrons. The number of fused-ring (bicyclic) bond motifs is 4. The van der Waals surface area contributed by atoms with Crippen LogP contribution in [0.15, 0.2) is 59.5 Å². The molecule has 1 N–H and O–H groups in total. The molecule has 0 spiro atoms. The zero-order valence-electron chi connectivity index (χ0n) is 17.3. The van der Waals surface area contributed by atoms with Crippen LogP contribution in [0.3, 0.4) is 0 Å². The number of morpholine rings is 1. The summed E-state index contributed by atoms with van der Waals surface area (Å²) in [4.78, 5) is 28.6. The molecule has 8 nitrogen and oxygen atoms in total. The first-order chi connectivity index (χ1) is 15.6. The SMILES string of the molecule is O=C1c2c(O)c(=O)cnn2N(C2c3ccccc3CCc3ccccc32)[C@@H]2COCCN12. The molecule has 1 aliphatic carbocycles. The van der Waals surface area contributed by atoms with E-state index in [-0.39, 0.29) is 11.7 Å².